The van der Waals surface area contributed by atoms with Crippen LogP contribution in [0.25, 0.3) is 142 Å². The summed E-state index contributed by atoms with van der Waals surface area (Å²) in [6.07, 6.45) is 0. The van der Waals surface area contributed by atoms with Crippen molar-refractivity contribution in [3.8, 4) is 66.8 Å². The summed E-state index contributed by atoms with van der Waals surface area (Å²) >= 11 is 0. The van der Waals surface area contributed by atoms with Crippen LogP contribution in [-0.4, -0.2) is 0 Å². The molecule has 0 aliphatic heterocycles. The van der Waals surface area contributed by atoms with E-state index >= 15 is 0 Å². The molecular formula is C58H32. The van der Waals surface area contributed by atoms with Gasteiger partial charge >= 0.3 is 0 Å². The highest BCUT2D eigenvalue weighted by atomic mass is 14.3. The van der Waals surface area contributed by atoms with Crippen molar-refractivity contribution in [1.82, 2.24) is 0 Å². The van der Waals surface area contributed by atoms with Crippen molar-refractivity contribution in [1.29, 1.82) is 0 Å². The van der Waals surface area contributed by atoms with Gasteiger partial charge in [0.25, 0.3) is 0 Å². The monoisotopic (exact) mass is 728 g/mol. The van der Waals surface area contributed by atoms with Crippen LogP contribution in [0.4, 0.5) is 0 Å². The third-order valence-corrected chi connectivity index (χ3v) is 13.4. The van der Waals surface area contributed by atoms with Crippen LogP contribution in [0, 0.1) is 0 Å². The van der Waals surface area contributed by atoms with E-state index < -0.39 is 0 Å². The first-order chi connectivity index (χ1) is 28.7. The van der Waals surface area contributed by atoms with Crippen molar-refractivity contribution in [3.05, 3.63) is 194 Å². The van der Waals surface area contributed by atoms with Crippen LogP contribution >= 0.6 is 0 Å². The van der Waals surface area contributed by atoms with Gasteiger partial charge in [0, 0.05) is 0 Å². The number of hydrogen-bond donors (Lipinski definition) is 0. The third-order valence-electron chi connectivity index (χ3n) is 13.4. The lowest BCUT2D eigenvalue weighted by Crippen LogP contribution is -1.92. The Balaban J connectivity index is 1.17. The van der Waals surface area contributed by atoms with Crippen molar-refractivity contribution >= 4 is 75.4 Å². The summed E-state index contributed by atoms with van der Waals surface area (Å²) in [4.78, 5) is 0. The van der Waals surface area contributed by atoms with Gasteiger partial charge in [-0.15, -0.1) is 0 Å². The van der Waals surface area contributed by atoms with E-state index in [9.17, 15) is 0 Å². The molecule has 58 heavy (non-hydrogen) atoms. The molecule has 0 spiro atoms. The van der Waals surface area contributed by atoms with E-state index in [0.717, 1.165) is 0 Å². The van der Waals surface area contributed by atoms with Crippen molar-refractivity contribution < 1.29 is 0 Å². The molecule has 0 nitrogen and oxygen atoms in total. The molecule has 0 heterocycles. The number of fused-ring (bicyclic) bond motifs is 13. The van der Waals surface area contributed by atoms with Gasteiger partial charge in [-0.2, -0.15) is 0 Å². The Morgan fingerprint density at radius 1 is 0.172 bits per heavy atom. The first-order valence-electron chi connectivity index (χ1n) is 20.3. The second-order valence-electron chi connectivity index (χ2n) is 16.4. The normalized spacial score (nSPS) is 12.5. The fourth-order valence-corrected chi connectivity index (χ4v) is 10.8. The minimum absolute atomic E-state index is 1.24. The van der Waals surface area contributed by atoms with E-state index in [4.69, 9.17) is 0 Å². The van der Waals surface area contributed by atoms with Gasteiger partial charge in [-0.3, -0.25) is 0 Å². The molecule has 0 amide bonds. The van der Waals surface area contributed by atoms with Gasteiger partial charge in [0.1, 0.15) is 0 Å². The second-order valence-corrected chi connectivity index (χ2v) is 16.4. The molecule has 0 heteroatoms. The minimum atomic E-state index is 1.24. The highest BCUT2D eigenvalue weighted by Crippen LogP contribution is 2.54. The summed E-state index contributed by atoms with van der Waals surface area (Å²) in [5.41, 5.74) is 15.6. The van der Waals surface area contributed by atoms with Gasteiger partial charge in [0.05, 0.1) is 0 Å². The number of benzene rings is 12. The van der Waals surface area contributed by atoms with Crippen LogP contribution in [0.3, 0.4) is 0 Å². The summed E-state index contributed by atoms with van der Waals surface area (Å²) in [7, 11) is 0. The molecule has 0 N–H and O–H groups in total. The van der Waals surface area contributed by atoms with E-state index in [1.807, 2.05) is 0 Å². The first kappa shape index (κ1) is 30.7. The number of hydrogen-bond acceptors (Lipinski definition) is 0. The van der Waals surface area contributed by atoms with Crippen LogP contribution in [0.15, 0.2) is 194 Å². The Hall–Kier alpha value is -7.54. The Morgan fingerprint density at radius 3 is 0.879 bits per heavy atom. The lowest BCUT2D eigenvalue weighted by molar-refractivity contribution is 1.68. The molecule has 0 unspecified atom stereocenters. The highest BCUT2D eigenvalue weighted by Gasteiger charge is 2.26. The zero-order valence-electron chi connectivity index (χ0n) is 31.5. The fourth-order valence-electron chi connectivity index (χ4n) is 10.8. The Bertz CT molecular complexity index is 3580. The molecule has 2 aliphatic rings. The SMILES string of the molecule is c1ccc2cc(-c3cc4c5cc6c(cc5c(-c5ccc7ccccc7c5)cc4c4cc5c(cc34)-c3cccc4cccc-5c34)-c3cccc4cccc-6c34)ccc2c1. The molecule has 0 saturated carbocycles. The predicted octanol–water partition coefficient (Wildman–Crippen LogP) is 16.4. The van der Waals surface area contributed by atoms with Crippen molar-refractivity contribution in [3.63, 3.8) is 0 Å². The van der Waals surface area contributed by atoms with Crippen LogP contribution in [0.5, 0.6) is 0 Å². The summed E-state index contributed by atoms with van der Waals surface area (Å²) in [5.74, 6) is 0. The molecule has 0 fully saturated rings. The summed E-state index contributed by atoms with van der Waals surface area (Å²) in [5, 5.41) is 18.1. The van der Waals surface area contributed by atoms with Crippen LogP contribution in [0.1, 0.15) is 0 Å². The Kier molecular flexibility index (Phi) is 5.85. The smallest absolute Gasteiger partial charge is 0.00264 e. The topological polar surface area (TPSA) is 0 Å². The van der Waals surface area contributed by atoms with Crippen LogP contribution in [-0.2, 0) is 0 Å². The summed E-state index contributed by atoms with van der Waals surface area (Å²) < 4.78 is 0. The van der Waals surface area contributed by atoms with E-state index in [0.29, 0.717) is 0 Å². The van der Waals surface area contributed by atoms with E-state index in [1.54, 1.807) is 0 Å². The van der Waals surface area contributed by atoms with Gasteiger partial charge in [0.2, 0.25) is 0 Å². The zero-order chi connectivity index (χ0) is 37.6. The first-order valence-corrected chi connectivity index (χ1v) is 20.3. The Morgan fingerprint density at radius 2 is 0.483 bits per heavy atom. The van der Waals surface area contributed by atoms with Gasteiger partial charge in [-0.05, 0) is 191 Å². The summed E-state index contributed by atoms with van der Waals surface area (Å²) in [6, 6.07) is 73.7. The van der Waals surface area contributed by atoms with Gasteiger partial charge < -0.3 is 0 Å². The molecule has 12 aromatic carbocycles. The van der Waals surface area contributed by atoms with Gasteiger partial charge in [-0.1, -0.05) is 146 Å². The van der Waals surface area contributed by atoms with E-state index in [2.05, 4.69) is 194 Å². The maximum absolute atomic E-state index is 2.52. The van der Waals surface area contributed by atoms with Crippen molar-refractivity contribution in [2.75, 3.05) is 0 Å². The molecule has 0 atom stereocenters. The zero-order valence-corrected chi connectivity index (χ0v) is 31.5. The largest absolute Gasteiger partial charge is 0.0616 e. The average molecular weight is 729 g/mol. The standard InChI is InChI=1S/C58H32/c1-3-11-37-25-39(23-21-33(37)9-1)45-27-53-54(55-31-49-43-19-7-15-35-13-5-17-41(57(35)43)47(49)29-51(45)55)28-46(40-24-22-34-10-2-4-12-38(34)26-40)52-30-48-42-18-6-14-36-16-8-20-44(58(36)42)50(48)32-56(52)53/h1-32H. The molecule has 0 saturated heterocycles. The maximum Gasteiger partial charge on any atom is -0.00264 e. The molecule has 0 bridgehead atoms. The fraction of sp³-hybridized carbons (Fsp3) is 0. The molecule has 2 aliphatic carbocycles. The second kappa shape index (κ2) is 11.1. The predicted molar refractivity (Wildman–Crippen MR) is 249 cm³/mol. The van der Waals surface area contributed by atoms with Crippen LogP contribution in [0.2, 0.25) is 0 Å². The molecule has 0 aromatic heterocycles. The molecule has 14 rings (SSSR count). The summed E-state index contributed by atoms with van der Waals surface area (Å²) in [6.45, 7) is 0. The minimum Gasteiger partial charge on any atom is -0.0616 e. The van der Waals surface area contributed by atoms with Crippen molar-refractivity contribution in [2.24, 2.45) is 0 Å². The van der Waals surface area contributed by atoms with Crippen molar-refractivity contribution in [2.45, 2.75) is 0 Å². The quantitative estimate of drug-likeness (QED) is 0.156. The molecule has 0 radical (unpaired) electrons. The highest BCUT2D eigenvalue weighted by molar-refractivity contribution is 6.29. The van der Waals surface area contributed by atoms with Crippen LogP contribution < -0.4 is 0 Å². The third kappa shape index (κ3) is 4.04. The lowest BCUT2D eigenvalue weighted by atomic mass is 9.84. The lowest BCUT2D eigenvalue weighted by Gasteiger charge is -2.19. The Labute approximate surface area is 334 Å². The van der Waals surface area contributed by atoms with E-state index in [-0.39, 0.29) is 0 Å². The molecular weight excluding hydrogens is 697 g/mol. The van der Waals surface area contributed by atoms with E-state index in [1.165, 1.54) is 142 Å². The van der Waals surface area contributed by atoms with Gasteiger partial charge in [-0.25, -0.2) is 0 Å². The maximum atomic E-state index is 2.52. The average Bonchev–Trinajstić information content (AvgIpc) is 3.77. The van der Waals surface area contributed by atoms with Gasteiger partial charge in [0.15, 0.2) is 0 Å². The molecule has 12 aromatic rings. The number of rotatable bonds is 2. The molecule has 264 valence electrons.